The molecule has 2 atom stereocenters. The topological polar surface area (TPSA) is 74.6 Å². The highest BCUT2D eigenvalue weighted by Gasteiger charge is 2.39. The van der Waals surface area contributed by atoms with Gasteiger partial charge in [0.15, 0.2) is 5.78 Å². The highest BCUT2D eigenvalue weighted by molar-refractivity contribution is 6.01. The minimum Gasteiger partial charge on any atom is -0.478 e. The standard InChI is InChI=1S/C13H20O4/c1-8(14)4-5-11-10(12(16)17)6-9(15)7-13(11,2)3/h6,8,11,14H,4-5,7H2,1-3H3,(H,16,17). The van der Waals surface area contributed by atoms with E-state index in [9.17, 15) is 14.7 Å². The quantitative estimate of drug-likeness (QED) is 0.785. The lowest BCUT2D eigenvalue weighted by Gasteiger charge is -2.37. The minimum atomic E-state index is -1.03. The fraction of sp³-hybridized carbons (Fsp3) is 0.692. The molecular formula is C13H20O4. The van der Waals surface area contributed by atoms with Gasteiger partial charge in [-0.3, -0.25) is 4.79 Å². The van der Waals surface area contributed by atoms with Crippen molar-refractivity contribution in [2.24, 2.45) is 11.3 Å². The number of allylic oxidation sites excluding steroid dienone is 1. The predicted octanol–water partition coefficient (Wildman–Crippen LogP) is 1.77. The first-order chi connectivity index (χ1) is 7.74. The molecule has 1 aliphatic rings. The van der Waals surface area contributed by atoms with Crippen LogP contribution < -0.4 is 0 Å². The van der Waals surface area contributed by atoms with Gasteiger partial charge in [0, 0.05) is 12.0 Å². The first-order valence-electron chi connectivity index (χ1n) is 5.90. The minimum absolute atomic E-state index is 0.124. The molecule has 0 amide bonds. The number of carbonyl (C=O) groups excluding carboxylic acids is 1. The van der Waals surface area contributed by atoms with Crippen LogP contribution in [-0.4, -0.2) is 28.1 Å². The highest BCUT2D eigenvalue weighted by atomic mass is 16.4. The van der Waals surface area contributed by atoms with Crippen molar-refractivity contribution in [2.75, 3.05) is 0 Å². The second kappa shape index (κ2) is 5.00. The first-order valence-corrected chi connectivity index (χ1v) is 5.90. The molecule has 0 aromatic heterocycles. The van der Waals surface area contributed by atoms with Crippen LogP contribution in [0.25, 0.3) is 0 Å². The average molecular weight is 240 g/mol. The molecule has 0 fully saturated rings. The molecule has 4 nitrogen and oxygen atoms in total. The van der Waals surface area contributed by atoms with Crippen LogP contribution in [-0.2, 0) is 9.59 Å². The smallest absolute Gasteiger partial charge is 0.331 e. The Morgan fingerprint density at radius 3 is 2.65 bits per heavy atom. The van der Waals surface area contributed by atoms with Gasteiger partial charge in [0.1, 0.15) is 0 Å². The predicted molar refractivity (Wildman–Crippen MR) is 63.5 cm³/mol. The van der Waals surface area contributed by atoms with Crippen LogP contribution in [0.2, 0.25) is 0 Å². The van der Waals surface area contributed by atoms with Crippen LogP contribution in [0.15, 0.2) is 11.6 Å². The number of aliphatic hydroxyl groups is 1. The maximum absolute atomic E-state index is 11.5. The monoisotopic (exact) mass is 240 g/mol. The maximum Gasteiger partial charge on any atom is 0.331 e. The summed E-state index contributed by atoms with van der Waals surface area (Å²) in [6, 6.07) is 0. The Bertz CT molecular complexity index is 352. The molecule has 2 unspecified atom stereocenters. The third kappa shape index (κ3) is 3.40. The number of aliphatic carboxylic acids is 1. The van der Waals surface area contributed by atoms with E-state index in [0.29, 0.717) is 19.3 Å². The van der Waals surface area contributed by atoms with Crippen LogP contribution in [0, 0.1) is 11.3 Å². The molecule has 0 radical (unpaired) electrons. The fourth-order valence-corrected chi connectivity index (χ4v) is 2.48. The van der Waals surface area contributed by atoms with E-state index >= 15 is 0 Å². The largest absolute Gasteiger partial charge is 0.478 e. The Kier molecular flexibility index (Phi) is 4.09. The molecule has 2 N–H and O–H groups in total. The van der Waals surface area contributed by atoms with Gasteiger partial charge in [-0.25, -0.2) is 4.79 Å². The fourth-order valence-electron chi connectivity index (χ4n) is 2.48. The zero-order valence-electron chi connectivity index (χ0n) is 10.6. The summed E-state index contributed by atoms with van der Waals surface area (Å²) in [7, 11) is 0. The zero-order chi connectivity index (χ0) is 13.2. The van der Waals surface area contributed by atoms with Gasteiger partial charge in [-0.2, -0.15) is 0 Å². The molecule has 17 heavy (non-hydrogen) atoms. The van der Waals surface area contributed by atoms with Gasteiger partial charge >= 0.3 is 5.97 Å². The van der Waals surface area contributed by atoms with E-state index in [2.05, 4.69) is 0 Å². The lowest BCUT2D eigenvalue weighted by Crippen LogP contribution is -2.35. The van der Waals surface area contributed by atoms with Gasteiger partial charge in [-0.05, 0) is 37.2 Å². The van der Waals surface area contributed by atoms with E-state index in [0.717, 1.165) is 0 Å². The summed E-state index contributed by atoms with van der Waals surface area (Å²) in [6.45, 7) is 5.51. The third-order valence-electron chi connectivity index (χ3n) is 3.39. The number of ketones is 1. The Morgan fingerprint density at radius 1 is 1.59 bits per heavy atom. The number of carbonyl (C=O) groups is 2. The van der Waals surface area contributed by atoms with Gasteiger partial charge < -0.3 is 10.2 Å². The lowest BCUT2D eigenvalue weighted by atomic mass is 9.66. The van der Waals surface area contributed by atoms with Crippen molar-refractivity contribution in [1.82, 2.24) is 0 Å². The first kappa shape index (κ1) is 13.9. The third-order valence-corrected chi connectivity index (χ3v) is 3.39. The van der Waals surface area contributed by atoms with E-state index in [-0.39, 0.29) is 22.7 Å². The van der Waals surface area contributed by atoms with E-state index in [1.165, 1.54) is 6.08 Å². The second-order valence-corrected chi connectivity index (χ2v) is 5.52. The summed E-state index contributed by atoms with van der Waals surface area (Å²) in [5.41, 5.74) is -0.166. The molecule has 1 aliphatic carbocycles. The van der Waals surface area contributed by atoms with Gasteiger partial charge in [0.05, 0.1) is 6.10 Å². The Labute approximate surface area is 101 Å². The molecule has 0 saturated carbocycles. The van der Waals surface area contributed by atoms with Gasteiger partial charge in [0.25, 0.3) is 0 Å². The van der Waals surface area contributed by atoms with Crippen LogP contribution in [0.4, 0.5) is 0 Å². The molecule has 0 aromatic carbocycles. The van der Waals surface area contributed by atoms with Gasteiger partial charge in [-0.15, -0.1) is 0 Å². The van der Waals surface area contributed by atoms with Gasteiger partial charge in [0.2, 0.25) is 0 Å². The van der Waals surface area contributed by atoms with E-state index in [4.69, 9.17) is 5.11 Å². The molecule has 0 aromatic rings. The molecule has 96 valence electrons. The van der Waals surface area contributed by atoms with Crippen molar-refractivity contribution in [2.45, 2.75) is 46.1 Å². The Morgan fingerprint density at radius 2 is 2.18 bits per heavy atom. The van der Waals surface area contributed by atoms with E-state index in [1.807, 2.05) is 13.8 Å². The van der Waals surface area contributed by atoms with Crippen molar-refractivity contribution in [3.8, 4) is 0 Å². The molecule has 0 saturated heterocycles. The normalized spacial score (nSPS) is 25.3. The van der Waals surface area contributed by atoms with Crippen molar-refractivity contribution < 1.29 is 19.8 Å². The van der Waals surface area contributed by atoms with Crippen molar-refractivity contribution in [3.05, 3.63) is 11.6 Å². The summed E-state index contributed by atoms with van der Waals surface area (Å²) in [5, 5.41) is 18.4. The van der Waals surface area contributed by atoms with E-state index < -0.39 is 12.1 Å². The summed E-state index contributed by atoms with van der Waals surface area (Å²) >= 11 is 0. The SMILES string of the molecule is CC(O)CCC1C(C(=O)O)=CC(=O)CC1(C)C. The molecular weight excluding hydrogens is 220 g/mol. The van der Waals surface area contributed by atoms with Crippen molar-refractivity contribution in [1.29, 1.82) is 0 Å². The molecule has 0 bridgehead atoms. The number of carboxylic acids is 1. The van der Waals surface area contributed by atoms with Gasteiger partial charge in [-0.1, -0.05) is 13.8 Å². The van der Waals surface area contributed by atoms with Crippen molar-refractivity contribution in [3.63, 3.8) is 0 Å². The van der Waals surface area contributed by atoms with Crippen LogP contribution >= 0.6 is 0 Å². The number of aliphatic hydroxyl groups excluding tert-OH is 1. The van der Waals surface area contributed by atoms with Crippen LogP contribution in [0.5, 0.6) is 0 Å². The highest BCUT2D eigenvalue weighted by Crippen LogP contribution is 2.42. The Balaban J connectivity index is 2.97. The zero-order valence-corrected chi connectivity index (χ0v) is 10.6. The van der Waals surface area contributed by atoms with Crippen molar-refractivity contribution >= 4 is 11.8 Å². The summed E-state index contributed by atoms with van der Waals surface area (Å²) in [4.78, 5) is 22.6. The maximum atomic E-state index is 11.5. The lowest BCUT2D eigenvalue weighted by molar-refractivity contribution is -0.135. The summed E-state index contributed by atoms with van der Waals surface area (Å²) < 4.78 is 0. The molecule has 0 spiro atoms. The van der Waals surface area contributed by atoms with Crippen LogP contribution in [0.1, 0.15) is 40.0 Å². The molecule has 1 rings (SSSR count). The van der Waals surface area contributed by atoms with E-state index in [1.54, 1.807) is 6.92 Å². The summed E-state index contributed by atoms with van der Waals surface area (Å²) in [5.74, 6) is -1.32. The molecule has 0 heterocycles. The number of hydrogen-bond donors (Lipinski definition) is 2. The molecule has 4 heteroatoms. The number of carboxylic acid groups (broad SMARTS) is 1. The molecule has 0 aliphatic heterocycles. The second-order valence-electron chi connectivity index (χ2n) is 5.52. The average Bonchev–Trinajstić information content (AvgIpc) is 2.12. The van der Waals surface area contributed by atoms with Crippen LogP contribution in [0.3, 0.4) is 0 Å². The number of rotatable bonds is 4. The summed E-state index contributed by atoms with van der Waals surface area (Å²) in [6.07, 6.45) is 2.32. The number of hydrogen-bond acceptors (Lipinski definition) is 3. The Hall–Kier alpha value is -1.16.